The average Bonchev–Trinajstić information content (AvgIpc) is 3.47. The number of nitrogens with one attached hydrogen (secondary N) is 1. The first kappa shape index (κ1) is 74.1. The summed E-state index contributed by atoms with van der Waals surface area (Å²) in [5.74, 6) is -0.235. The Hall–Kier alpha value is -2.89. The maximum absolute atomic E-state index is 13.1. The quantitative estimate of drug-likeness (QED) is 0.0261. The molecular weight excluding hydrogens is 983 g/mol. The Morgan fingerprint density at radius 1 is 0.443 bits per heavy atom. The van der Waals surface area contributed by atoms with Crippen LogP contribution >= 0.6 is 0 Å². The molecule has 456 valence electrons. The van der Waals surface area contributed by atoms with Crippen LogP contribution in [0.3, 0.4) is 0 Å². The number of ether oxygens (including phenoxy) is 2. The molecular formula is C70H123NO8. The van der Waals surface area contributed by atoms with Gasteiger partial charge in [-0.15, -0.1) is 0 Å². The van der Waals surface area contributed by atoms with E-state index in [0.717, 1.165) is 70.6 Å². The first-order valence-electron chi connectivity index (χ1n) is 33.0. The van der Waals surface area contributed by atoms with Crippen LogP contribution in [0.1, 0.15) is 284 Å². The van der Waals surface area contributed by atoms with Gasteiger partial charge in [-0.3, -0.25) is 4.79 Å². The van der Waals surface area contributed by atoms with Gasteiger partial charge in [-0.2, -0.15) is 0 Å². The molecule has 0 bridgehead atoms. The second-order valence-electron chi connectivity index (χ2n) is 22.5. The zero-order valence-electron chi connectivity index (χ0n) is 50.9. The van der Waals surface area contributed by atoms with Gasteiger partial charge in [0.05, 0.1) is 25.4 Å². The van der Waals surface area contributed by atoms with E-state index in [-0.39, 0.29) is 18.9 Å². The maximum Gasteiger partial charge on any atom is 0.220 e. The predicted octanol–water partition coefficient (Wildman–Crippen LogP) is 17.5. The van der Waals surface area contributed by atoms with Crippen molar-refractivity contribution < 1.29 is 39.8 Å². The van der Waals surface area contributed by atoms with Crippen molar-refractivity contribution in [2.24, 2.45) is 0 Å². The third-order valence-corrected chi connectivity index (χ3v) is 15.2. The Morgan fingerprint density at radius 3 is 1.15 bits per heavy atom. The summed E-state index contributed by atoms with van der Waals surface area (Å²) in [5.41, 5.74) is 0. The van der Waals surface area contributed by atoms with Gasteiger partial charge in [-0.1, -0.05) is 304 Å². The van der Waals surface area contributed by atoms with Crippen LogP contribution in [0.5, 0.6) is 0 Å². The molecule has 1 saturated heterocycles. The number of aliphatic hydroxyl groups excluding tert-OH is 5. The van der Waals surface area contributed by atoms with Crippen molar-refractivity contribution in [2.45, 2.75) is 326 Å². The highest BCUT2D eigenvalue weighted by Gasteiger charge is 2.44. The Balaban J connectivity index is 2.19. The largest absolute Gasteiger partial charge is 0.394 e. The van der Waals surface area contributed by atoms with Crippen LogP contribution in [0.25, 0.3) is 0 Å². The normalized spacial score (nSPS) is 19.2. The molecule has 0 saturated carbocycles. The van der Waals surface area contributed by atoms with Gasteiger partial charge >= 0.3 is 0 Å². The average molecular weight is 1110 g/mol. The smallest absolute Gasteiger partial charge is 0.220 e. The molecule has 9 nitrogen and oxygen atoms in total. The summed E-state index contributed by atoms with van der Waals surface area (Å²) >= 11 is 0. The fraction of sp³-hybridized carbons (Fsp3) is 0.757. The summed E-state index contributed by atoms with van der Waals surface area (Å²) in [4.78, 5) is 13.1. The zero-order valence-corrected chi connectivity index (χ0v) is 50.9. The van der Waals surface area contributed by atoms with Gasteiger partial charge in [-0.25, -0.2) is 0 Å². The molecule has 6 N–H and O–H groups in total. The molecule has 1 rings (SSSR count). The molecule has 0 aromatic heterocycles. The molecule has 7 unspecified atom stereocenters. The van der Waals surface area contributed by atoms with E-state index < -0.39 is 49.5 Å². The topological polar surface area (TPSA) is 149 Å². The number of rotatable bonds is 56. The van der Waals surface area contributed by atoms with Crippen LogP contribution in [-0.4, -0.2) is 87.5 Å². The van der Waals surface area contributed by atoms with Crippen molar-refractivity contribution in [3.05, 3.63) is 97.2 Å². The van der Waals surface area contributed by atoms with E-state index in [1.165, 1.54) is 186 Å². The summed E-state index contributed by atoms with van der Waals surface area (Å²) in [6.45, 7) is 3.65. The second kappa shape index (κ2) is 58.3. The zero-order chi connectivity index (χ0) is 57.2. The molecule has 9 heteroatoms. The standard InChI is InChI=1S/C70H123NO8/c1-3-5-7-9-11-13-15-17-19-21-23-25-27-28-29-30-31-32-33-34-35-36-38-39-41-43-45-47-49-51-53-55-57-59-64(73)63(62-78-70-69(77)68(76)67(75)65(61-72)79-70)71-66(74)60-58-56-54-52-50-48-46-44-42-40-37-26-24-22-20-18-16-14-12-10-8-6-4-2/h6,8,12,14,18,20,24,26,40,42,46,48,52,54,57,59,63-65,67-70,72-73,75-77H,3-5,7,9-11,13,15-17,19,21-23,25,27-39,41,43-45,47,49-51,53,55-56,58,60-62H2,1-2H3,(H,71,74)/b8-6-,14-12-,20-18-,26-24-,42-40-,48-46-,54-52-,59-57+. The number of carbonyl (C=O) groups excluding carboxylic acids is 1. The minimum absolute atomic E-state index is 0.217. The third-order valence-electron chi connectivity index (χ3n) is 15.2. The number of hydrogen-bond acceptors (Lipinski definition) is 8. The molecule has 0 radical (unpaired) electrons. The van der Waals surface area contributed by atoms with Gasteiger partial charge in [-0.05, 0) is 70.6 Å². The molecule has 1 amide bonds. The maximum atomic E-state index is 13.1. The van der Waals surface area contributed by atoms with Crippen LogP contribution in [0.4, 0.5) is 0 Å². The van der Waals surface area contributed by atoms with E-state index in [4.69, 9.17) is 9.47 Å². The van der Waals surface area contributed by atoms with Crippen molar-refractivity contribution >= 4 is 5.91 Å². The van der Waals surface area contributed by atoms with Crippen LogP contribution in [0.2, 0.25) is 0 Å². The van der Waals surface area contributed by atoms with Crippen LogP contribution in [-0.2, 0) is 14.3 Å². The van der Waals surface area contributed by atoms with Crippen molar-refractivity contribution in [1.29, 1.82) is 0 Å². The molecule has 1 aliphatic heterocycles. The minimum Gasteiger partial charge on any atom is -0.394 e. The monoisotopic (exact) mass is 1110 g/mol. The van der Waals surface area contributed by atoms with Gasteiger partial charge in [0.25, 0.3) is 0 Å². The first-order chi connectivity index (χ1) is 38.8. The van der Waals surface area contributed by atoms with E-state index >= 15 is 0 Å². The Labute approximate surface area is 485 Å². The highest BCUT2D eigenvalue weighted by molar-refractivity contribution is 5.76. The van der Waals surface area contributed by atoms with Gasteiger partial charge in [0.2, 0.25) is 5.91 Å². The lowest BCUT2D eigenvalue weighted by Gasteiger charge is -2.40. The number of amides is 1. The van der Waals surface area contributed by atoms with E-state index in [1.54, 1.807) is 6.08 Å². The van der Waals surface area contributed by atoms with E-state index in [9.17, 15) is 30.3 Å². The molecule has 1 heterocycles. The minimum atomic E-state index is -1.58. The third kappa shape index (κ3) is 47.3. The molecule has 0 aromatic carbocycles. The summed E-state index contributed by atoms with van der Waals surface area (Å²) in [5, 5.41) is 54.6. The molecule has 0 aliphatic carbocycles. The van der Waals surface area contributed by atoms with Gasteiger partial charge in [0.15, 0.2) is 6.29 Å². The van der Waals surface area contributed by atoms with Gasteiger partial charge in [0.1, 0.15) is 24.4 Å². The lowest BCUT2D eigenvalue weighted by Crippen LogP contribution is -2.60. The summed E-state index contributed by atoms with van der Waals surface area (Å²) in [6, 6.07) is -0.844. The SMILES string of the molecule is CC/C=C\C/C=C\C/C=C\C/C=C\C/C=C\C/C=C\C/C=C\CCCC(=O)NC(COC1OC(CO)C(O)C(O)C1O)C(O)/C=C/CCCCCCCCCCCCCCCCCCCCCCCCCCCCCCCCC. The van der Waals surface area contributed by atoms with Crippen LogP contribution in [0.15, 0.2) is 97.2 Å². The van der Waals surface area contributed by atoms with Gasteiger partial charge < -0.3 is 40.3 Å². The fourth-order valence-corrected chi connectivity index (χ4v) is 10.0. The van der Waals surface area contributed by atoms with Crippen LogP contribution in [0, 0.1) is 0 Å². The van der Waals surface area contributed by atoms with Crippen molar-refractivity contribution in [3.63, 3.8) is 0 Å². The summed E-state index contributed by atoms with van der Waals surface area (Å²) < 4.78 is 11.3. The van der Waals surface area contributed by atoms with Crippen molar-refractivity contribution in [2.75, 3.05) is 13.2 Å². The Kier molecular flexibility index (Phi) is 54.7. The first-order valence-corrected chi connectivity index (χ1v) is 33.0. The molecule has 1 fully saturated rings. The predicted molar refractivity (Wildman–Crippen MR) is 336 cm³/mol. The highest BCUT2D eigenvalue weighted by Crippen LogP contribution is 2.23. The second-order valence-corrected chi connectivity index (χ2v) is 22.5. The van der Waals surface area contributed by atoms with Crippen LogP contribution < -0.4 is 5.32 Å². The van der Waals surface area contributed by atoms with Gasteiger partial charge in [0, 0.05) is 6.42 Å². The fourth-order valence-electron chi connectivity index (χ4n) is 10.0. The number of hydrogen-bond donors (Lipinski definition) is 6. The number of aliphatic hydroxyl groups is 5. The molecule has 7 atom stereocenters. The summed E-state index contributed by atoms with van der Waals surface area (Å²) in [6.07, 6.45) is 78.0. The Morgan fingerprint density at radius 2 is 0.785 bits per heavy atom. The lowest BCUT2D eigenvalue weighted by molar-refractivity contribution is -0.302. The number of allylic oxidation sites excluding steroid dienone is 15. The van der Waals surface area contributed by atoms with Crippen molar-refractivity contribution in [3.8, 4) is 0 Å². The molecule has 0 spiro atoms. The van der Waals surface area contributed by atoms with E-state index in [0.29, 0.717) is 6.42 Å². The molecule has 0 aromatic rings. The number of unbranched alkanes of at least 4 members (excludes halogenated alkanes) is 32. The lowest BCUT2D eigenvalue weighted by atomic mass is 9.99. The Bertz CT molecular complexity index is 1560. The highest BCUT2D eigenvalue weighted by atomic mass is 16.7. The molecule has 79 heavy (non-hydrogen) atoms. The van der Waals surface area contributed by atoms with E-state index in [1.807, 2.05) is 6.08 Å². The summed E-state index contributed by atoms with van der Waals surface area (Å²) in [7, 11) is 0. The number of carbonyl (C=O) groups is 1. The van der Waals surface area contributed by atoms with Crippen molar-refractivity contribution in [1.82, 2.24) is 5.32 Å². The van der Waals surface area contributed by atoms with E-state index in [2.05, 4.69) is 104 Å². The molecule has 1 aliphatic rings.